The Hall–Kier alpha value is -3.12. The van der Waals surface area contributed by atoms with Crippen molar-refractivity contribution in [2.75, 3.05) is 24.3 Å². The number of hydrogen-bond acceptors (Lipinski definition) is 4. The van der Waals surface area contributed by atoms with E-state index in [1.165, 1.54) is 6.08 Å². The predicted octanol–water partition coefficient (Wildman–Crippen LogP) is 2.55. The first-order chi connectivity index (χ1) is 12.0. The minimum atomic E-state index is -0.326. The van der Waals surface area contributed by atoms with Gasteiger partial charge in [-0.1, -0.05) is 18.2 Å². The Morgan fingerprint density at radius 2 is 1.92 bits per heavy atom. The molecule has 2 amide bonds. The zero-order valence-electron chi connectivity index (χ0n) is 14.2. The number of anilines is 2. The molecule has 130 valence electrons. The van der Waals surface area contributed by atoms with Crippen LogP contribution in [-0.2, 0) is 9.59 Å². The Kier molecular flexibility index (Phi) is 6.31. The average molecular weight is 339 g/mol. The number of nitrogens with two attached hydrogens (primary N) is 1. The summed E-state index contributed by atoms with van der Waals surface area (Å²) in [6, 6.07) is 12.7. The number of benzene rings is 2. The van der Waals surface area contributed by atoms with Gasteiger partial charge in [0.25, 0.3) is 0 Å². The molecule has 0 saturated carbocycles. The minimum absolute atomic E-state index is 0.128. The van der Waals surface area contributed by atoms with Crippen molar-refractivity contribution in [3.8, 4) is 5.75 Å². The zero-order chi connectivity index (χ0) is 18.2. The SMILES string of the molecule is COc1cccc(/C=C/C(=O)Nc2ccc(C)cc2NC(=O)CN)c1. The highest BCUT2D eigenvalue weighted by Crippen LogP contribution is 2.23. The lowest BCUT2D eigenvalue weighted by atomic mass is 10.1. The van der Waals surface area contributed by atoms with Gasteiger partial charge in [-0.05, 0) is 48.4 Å². The number of ether oxygens (including phenoxy) is 1. The van der Waals surface area contributed by atoms with E-state index in [0.29, 0.717) is 17.1 Å². The van der Waals surface area contributed by atoms with Gasteiger partial charge < -0.3 is 21.1 Å². The fourth-order valence-electron chi connectivity index (χ4n) is 2.16. The van der Waals surface area contributed by atoms with Crippen molar-refractivity contribution in [3.05, 3.63) is 59.7 Å². The van der Waals surface area contributed by atoms with Crippen LogP contribution in [-0.4, -0.2) is 25.5 Å². The van der Waals surface area contributed by atoms with Crippen molar-refractivity contribution in [2.45, 2.75) is 6.92 Å². The molecule has 0 spiro atoms. The van der Waals surface area contributed by atoms with E-state index in [9.17, 15) is 9.59 Å². The van der Waals surface area contributed by atoms with Crippen LogP contribution in [0.4, 0.5) is 11.4 Å². The first-order valence-corrected chi connectivity index (χ1v) is 7.75. The molecule has 2 aromatic carbocycles. The van der Waals surface area contributed by atoms with E-state index in [-0.39, 0.29) is 18.4 Å². The van der Waals surface area contributed by atoms with Crippen molar-refractivity contribution in [1.29, 1.82) is 0 Å². The van der Waals surface area contributed by atoms with E-state index in [0.717, 1.165) is 11.1 Å². The maximum absolute atomic E-state index is 12.2. The van der Waals surface area contributed by atoms with Gasteiger partial charge in [-0.3, -0.25) is 9.59 Å². The number of rotatable bonds is 6. The van der Waals surface area contributed by atoms with Gasteiger partial charge in [0.1, 0.15) is 5.75 Å². The second-order valence-electron chi connectivity index (χ2n) is 5.40. The molecule has 0 radical (unpaired) electrons. The van der Waals surface area contributed by atoms with Crippen LogP contribution in [0.25, 0.3) is 6.08 Å². The Bertz CT molecular complexity index is 800. The number of methoxy groups -OCH3 is 1. The Balaban J connectivity index is 2.11. The van der Waals surface area contributed by atoms with Crippen LogP contribution in [0, 0.1) is 6.92 Å². The van der Waals surface area contributed by atoms with Crippen LogP contribution >= 0.6 is 0 Å². The molecule has 0 atom stereocenters. The summed E-state index contributed by atoms with van der Waals surface area (Å²) in [5.41, 5.74) is 8.14. The van der Waals surface area contributed by atoms with Gasteiger partial charge in [-0.15, -0.1) is 0 Å². The maximum Gasteiger partial charge on any atom is 0.248 e. The number of carbonyl (C=O) groups excluding carboxylic acids is 2. The van der Waals surface area contributed by atoms with Gasteiger partial charge in [0, 0.05) is 6.08 Å². The smallest absolute Gasteiger partial charge is 0.248 e. The Morgan fingerprint density at radius 3 is 2.64 bits per heavy atom. The predicted molar refractivity (Wildman–Crippen MR) is 99.5 cm³/mol. The molecule has 6 heteroatoms. The summed E-state index contributed by atoms with van der Waals surface area (Å²) < 4.78 is 5.15. The molecule has 0 aliphatic rings. The number of carbonyl (C=O) groups is 2. The molecule has 0 saturated heterocycles. The summed E-state index contributed by atoms with van der Waals surface area (Å²) in [5.74, 6) is 0.0795. The highest BCUT2D eigenvalue weighted by molar-refractivity contribution is 6.05. The molecule has 4 N–H and O–H groups in total. The molecular weight excluding hydrogens is 318 g/mol. The van der Waals surface area contributed by atoms with Gasteiger partial charge in [0.15, 0.2) is 0 Å². The molecule has 25 heavy (non-hydrogen) atoms. The second-order valence-corrected chi connectivity index (χ2v) is 5.40. The first-order valence-electron chi connectivity index (χ1n) is 7.75. The van der Waals surface area contributed by atoms with Crippen molar-refractivity contribution >= 4 is 29.3 Å². The first kappa shape index (κ1) is 18.2. The van der Waals surface area contributed by atoms with E-state index >= 15 is 0 Å². The standard InChI is InChI=1S/C19H21N3O3/c1-13-6-8-16(17(10-13)22-19(24)12-20)21-18(23)9-7-14-4-3-5-15(11-14)25-2/h3-11H,12,20H2,1-2H3,(H,21,23)(H,22,24)/b9-7+. The van der Waals surface area contributed by atoms with Crippen molar-refractivity contribution in [3.63, 3.8) is 0 Å². The largest absolute Gasteiger partial charge is 0.497 e. The van der Waals surface area contributed by atoms with Gasteiger partial charge in [0.05, 0.1) is 25.0 Å². The van der Waals surface area contributed by atoms with Crippen LogP contribution in [0.3, 0.4) is 0 Å². The van der Waals surface area contributed by atoms with Crippen LogP contribution in [0.1, 0.15) is 11.1 Å². The lowest BCUT2D eigenvalue weighted by molar-refractivity contribution is -0.115. The quantitative estimate of drug-likeness (QED) is 0.705. The topological polar surface area (TPSA) is 93.5 Å². The van der Waals surface area contributed by atoms with Crippen molar-refractivity contribution in [2.24, 2.45) is 5.73 Å². The Morgan fingerprint density at radius 1 is 1.12 bits per heavy atom. The Labute approximate surface area is 146 Å². The fraction of sp³-hybridized carbons (Fsp3) is 0.158. The molecular formula is C19H21N3O3. The number of aryl methyl sites for hydroxylation is 1. The third kappa shape index (κ3) is 5.47. The average Bonchev–Trinajstić information content (AvgIpc) is 2.62. The van der Waals surface area contributed by atoms with Crippen molar-refractivity contribution in [1.82, 2.24) is 0 Å². The fourth-order valence-corrected chi connectivity index (χ4v) is 2.16. The summed E-state index contributed by atoms with van der Waals surface area (Å²) in [6.07, 6.45) is 3.10. The summed E-state index contributed by atoms with van der Waals surface area (Å²) in [4.78, 5) is 23.7. The van der Waals surface area contributed by atoms with E-state index < -0.39 is 0 Å². The molecule has 0 unspecified atom stereocenters. The number of amides is 2. The molecule has 0 bridgehead atoms. The van der Waals surface area contributed by atoms with E-state index in [2.05, 4.69) is 10.6 Å². The van der Waals surface area contributed by atoms with Crippen LogP contribution < -0.4 is 21.1 Å². The lowest BCUT2D eigenvalue weighted by Crippen LogP contribution is -2.23. The molecule has 0 aliphatic heterocycles. The third-order valence-corrected chi connectivity index (χ3v) is 3.41. The summed E-state index contributed by atoms with van der Waals surface area (Å²) >= 11 is 0. The van der Waals surface area contributed by atoms with Gasteiger partial charge in [0.2, 0.25) is 11.8 Å². The van der Waals surface area contributed by atoms with Crippen LogP contribution in [0.5, 0.6) is 5.75 Å². The van der Waals surface area contributed by atoms with E-state index in [1.54, 1.807) is 25.3 Å². The molecule has 2 rings (SSSR count). The maximum atomic E-state index is 12.2. The van der Waals surface area contributed by atoms with Crippen LogP contribution in [0.2, 0.25) is 0 Å². The highest BCUT2D eigenvalue weighted by Gasteiger charge is 2.08. The van der Waals surface area contributed by atoms with Crippen LogP contribution in [0.15, 0.2) is 48.5 Å². The second kappa shape index (κ2) is 8.65. The monoisotopic (exact) mass is 339 g/mol. The van der Waals surface area contributed by atoms with Gasteiger partial charge in [-0.2, -0.15) is 0 Å². The highest BCUT2D eigenvalue weighted by atomic mass is 16.5. The molecule has 6 nitrogen and oxygen atoms in total. The van der Waals surface area contributed by atoms with Crippen molar-refractivity contribution < 1.29 is 14.3 Å². The number of hydrogen-bond donors (Lipinski definition) is 3. The van der Waals surface area contributed by atoms with Gasteiger partial charge in [-0.25, -0.2) is 0 Å². The van der Waals surface area contributed by atoms with E-state index in [1.807, 2.05) is 37.3 Å². The molecule has 2 aromatic rings. The zero-order valence-corrected chi connectivity index (χ0v) is 14.2. The minimum Gasteiger partial charge on any atom is -0.497 e. The summed E-state index contributed by atoms with van der Waals surface area (Å²) in [7, 11) is 1.59. The summed E-state index contributed by atoms with van der Waals surface area (Å²) in [5, 5.41) is 5.43. The normalized spacial score (nSPS) is 10.5. The van der Waals surface area contributed by atoms with Gasteiger partial charge >= 0.3 is 0 Å². The summed E-state index contributed by atoms with van der Waals surface area (Å²) in [6.45, 7) is 1.77. The molecule has 0 heterocycles. The number of nitrogens with one attached hydrogen (secondary N) is 2. The third-order valence-electron chi connectivity index (χ3n) is 3.41. The lowest BCUT2D eigenvalue weighted by Gasteiger charge is -2.12. The van der Waals surface area contributed by atoms with E-state index in [4.69, 9.17) is 10.5 Å². The molecule has 0 fully saturated rings. The molecule has 0 aliphatic carbocycles. The molecule has 0 aromatic heterocycles.